The zero-order chi connectivity index (χ0) is 16.1. The highest BCUT2D eigenvalue weighted by atomic mass is 16.5. The normalized spacial score (nSPS) is 10.1. The van der Waals surface area contributed by atoms with Crippen molar-refractivity contribution < 1.29 is 9.53 Å². The van der Waals surface area contributed by atoms with Crippen LogP contribution in [0.3, 0.4) is 0 Å². The molecule has 2 heterocycles. The predicted octanol–water partition coefficient (Wildman–Crippen LogP) is 0.994. The number of anilines is 3. The fourth-order valence-corrected chi connectivity index (χ4v) is 1.74. The number of methoxy groups -OCH3 is 1. The van der Waals surface area contributed by atoms with E-state index < -0.39 is 5.91 Å². The highest BCUT2D eigenvalue weighted by Crippen LogP contribution is 2.18. The maximum atomic E-state index is 12.0. The molecule has 0 aliphatic rings. The number of carbonyl (C=O) groups is 1. The van der Waals surface area contributed by atoms with E-state index in [1.807, 2.05) is 24.3 Å². The number of H-pyrrole nitrogens is 1. The summed E-state index contributed by atoms with van der Waals surface area (Å²) in [5.74, 6) is 0.744. The summed E-state index contributed by atoms with van der Waals surface area (Å²) in [6, 6.07) is 7.27. The number of rotatable bonds is 5. The quantitative estimate of drug-likeness (QED) is 0.636. The number of amides is 1. The van der Waals surface area contributed by atoms with Crippen molar-refractivity contribution in [3.05, 3.63) is 42.4 Å². The first-order chi connectivity index (χ1) is 11.2. The van der Waals surface area contributed by atoms with Gasteiger partial charge in [-0.3, -0.25) is 15.1 Å². The Morgan fingerprint density at radius 3 is 2.74 bits per heavy atom. The molecule has 2 aromatic heterocycles. The molecule has 0 saturated heterocycles. The molecular formula is C13H12N8O2. The number of tetrazole rings is 1. The third-order valence-corrected chi connectivity index (χ3v) is 2.80. The molecule has 0 aliphatic heterocycles. The van der Waals surface area contributed by atoms with Crippen LogP contribution in [0, 0.1) is 0 Å². The Morgan fingerprint density at radius 2 is 2.04 bits per heavy atom. The van der Waals surface area contributed by atoms with E-state index in [9.17, 15) is 4.79 Å². The van der Waals surface area contributed by atoms with Crippen LogP contribution in [0.4, 0.5) is 17.5 Å². The molecule has 10 nitrogen and oxygen atoms in total. The number of ether oxygens (including phenoxy) is 1. The number of nitrogens with zero attached hydrogens (tertiary/aromatic N) is 5. The fraction of sp³-hybridized carbons (Fsp3) is 0.0769. The third kappa shape index (κ3) is 3.56. The van der Waals surface area contributed by atoms with Crippen molar-refractivity contribution >= 4 is 23.4 Å². The molecule has 0 spiro atoms. The molecule has 116 valence electrons. The zero-order valence-electron chi connectivity index (χ0n) is 12.0. The van der Waals surface area contributed by atoms with E-state index in [2.05, 4.69) is 41.2 Å². The number of hydrogen-bond donors (Lipinski definition) is 3. The van der Waals surface area contributed by atoms with Crippen LogP contribution >= 0.6 is 0 Å². The van der Waals surface area contributed by atoms with Crippen LogP contribution in [0.2, 0.25) is 0 Å². The van der Waals surface area contributed by atoms with Crippen molar-refractivity contribution in [1.29, 1.82) is 0 Å². The molecule has 1 amide bonds. The van der Waals surface area contributed by atoms with Gasteiger partial charge in [0.1, 0.15) is 17.3 Å². The van der Waals surface area contributed by atoms with Gasteiger partial charge in [-0.25, -0.2) is 4.98 Å². The molecule has 10 heteroatoms. The van der Waals surface area contributed by atoms with Gasteiger partial charge in [-0.1, -0.05) is 5.10 Å². The van der Waals surface area contributed by atoms with Crippen molar-refractivity contribution in [1.82, 2.24) is 30.6 Å². The lowest BCUT2D eigenvalue weighted by Gasteiger charge is -2.07. The van der Waals surface area contributed by atoms with Gasteiger partial charge in [0.2, 0.25) is 0 Å². The van der Waals surface area contributed by atoms with Gasteiger partial charge in [0, 0.05) is 5.69 Å². The Labute approximate surface area is 130 Å². The number of hydrogen-bond acceptors (Lipinski definition) is 8. The molecule has 0 aliphatic carbocycles. The highest BCUT2D eigenvalue weighted by Gasteiger charge is 2.11. The molecule has 0 bridgehead atoms. The van der Waals surface area contributed by atoms with Crippen LogP contribution in [0.15, 0.2) is 36.7 Å². The molecule has 1 aromatic carbocycles. The second kappa shape index (κ2) is 6.47. The topological polar surface area (TPSA) is 131 Å². The van der Waals surface area contributed by atoms with Crippen LogP contribution in [0.1, 0.15) is 10.5 Å². The standard InChI is InChI=1S/C13H12N8O2/c1-23-9-4-2-8(3-5-9)15-11-7-14-6-10(16-11)12(22)17-13-18-20-21-19-13/h2-7H,1H3,(H,15,16)(H2,17,18,19,20,21,22). The smallest absolute Gasteiger partial charge is 0.278 e. The van der Waals surface area contributed by atoms with E-state index in [-0.39, 0.29) is 11.6 Å². The van der Waals surface area contributed by atoms with E-state index in [0.29, 0.717) is 5.82 Å². The SMILES string of the molecule is COc1ccc(Nc2cncc(C(=O)Nc3nn[nH]n3)n2)cc1. The first-order valence-corrected chi connectivity index (χ1v) is 6.52. The van der Waals surface area contributed by atoms with E-state index in [1.165, 1.54) is 12.4 Å². The summed E-state index contributed by atoms with van der Waals surface area (Å²) in [5.41, 5.74) is 0.907. The van der Waals surface area contributed by atoms with Crippen molar-refractivity contribution in [2.75, 3.05) is 17.7 Å². The van der Waals surface area contributed by atoms with Gasteiger partial charge >= 0.3 is 0 Å². The summed E-state index contributed by atoms with van der Waals surface area (Å²) in [7, 11) is 1.60. The number of aromatic amines is 1. The lowest BCUT2D eigenvalue weighted by atomic mass is 10.3. The van der Waals surface area contributed by atoms with Crippen LogP contribution < -0.4 is 15.4 Å². The van der Waals surface area contributed by atoms with E-state index in [4.69, 9.17) is 4.74 Å². The van der Waals surface area contributed by atoms with E-state index in [1.54, 1.807) is 7.11 Å². The summed E-state index contributed by atoms with van der Waals surface area (Å²) < 4.78 is 5.09. The molecule has 0 fully saturated rings. The molecule has 23 heavy (non-hydrogen) atoms. The average Bonchev–Trinajstić information content (AvgIpc) is 3.09. The van der Waals surface area contributed by atoms with Gasteiger partial charge < -0.3 is 10.1 Å². The molecule has 0 radical (unpaired) electrons. The minimum absolute atomic E-state index is 0.0605. The van der Waals surface area contributed by atoms with Crippen molar-refractivity contribution in [3.8, 4) is 5.75 Å². The second-order valence-corrected chi connectivity index (χ2v) is 4.33. The molecule has 3 aromatic rings. The van der Waals surface area contributed by atoms with Gasteiger partial charge in [0.15, 0.2) is 0 Å². The highest BCUT2D eigenvalue weighted by molar-refractivity contribution is 6.01. The van der Waals surface area contributed by atoms with Gasteiger partial charge in [0.25, 0.3) is 11.9 Å². The monoisotopic (exact) mass is 312 g/mol. The number of aromatic nitrogens is 6. The van der Waals surface area contributed by atoms with Crippen molar-refractivity contribution in [2.45, 2.75) is 0 Å². The summed E-state index contributed by atoms with van der Waals surface area (Å²) in [6.07, 6.45) is 2.85. The Kier molecular flexibility index (Phi) is 4.05. The van der Waals surface area contributed by atoms with Gasteiger partial charge in [-0.05, 0) is 29.5 Å². The van der Waals surface area contributed by atoms with Crippen LogP contribution in [0.25, 0.3) is 0 Å². The van der Waals surface area contributed by atoms with Gasteiger partial charge in [-0.15, -0.1) is 5.10 Å². The van der Waals surface area contributed by atoms with Crippen LogP contribution in [-0.2, 0) is 0 Å². The molecule has 3 rings (SSSR count). The fourth-order valence-electron chi connectivity index (χ4n) is 1.74. The first-order valence-electron chi connectivity index (χ1n) is 6.52. The van der Waals surface area contributed by atoms with Crippen LogP contribution in [0.5, 0.6) is 5.75 Å². The number of carbonyl (C=O) groups excluding carboxylic acids is 1. The minimum Gasteiger partial charge on any atom is -0.497 e. The lowest BCUT2D eigenvalue weighted by molar-refractivity contribution is 0.102. The molecular weight excluding hydrogens is 300 g/mol. The van der Waals surface area contributed by atoms with Crippen molar-refractivity contribution in [3.63, 3.8) is 0 Å². The minimum atomic E-state index is -0.489. The molecule has 0 atom stereocenters. The third-order valence-electron chi connectivity index (χ3n) is 2.80. The maximum absolute atomic E-state index is 12.0. The Balaban J connectivity index is 1.72. The van der Waals surface area contributed by atoms with Crippen LogP contribution in [-0.4, -0.2) is 43.6 Å². The van der Waals surface area contributed by atoms with E-state index >= 15 is 0 Å². The second-order valence-electron chi connectivity index (χ2n) is 4.33. The van der Waals surface area contributed by atoms with Gasteiger partial charge in [0.05, 0.1) is 19.5 Å². The Bertz CT molecular complexity index is 788. The average molecular weight is 312 g/mol. The molecule has 0 unspecified atom stereocenters. The largest absolute Gasteiger partial charge is 0.497 e. The molecule has 0 saturated carbocycles. The first kappa shape index (κ1) is 14.4. The predicted molar refractivity (Wildman–Crippen MR) is 80.4 cm³/mol. The summed E-state index contributed by atoms with van der Waals surface area (Å²) in [4.78, 5) is 20.2. The number of nitrogens with one attached hydrogen (secondary N) is 3. The maximum Gasteiger partial charge on any atom is 0.278 e. The Morgan fingerprint density at radius 1 is 1.22 bits per heavy atom. The van der Waals surface area contributed by atoms with Gasteiger partial charge in [-0.2, -0.15) is 5.21 Å². The summed E-state index contributed by atoms with van der Waals surface area (Å²) >= 11 is 0. The zero-order valence-corrected chi connectivity index (χ0v) is 12.0. The lowest BCUT2D eigenvalue weighted by Crippen LogP contribution is -2.15. The summed E-state index contributed by atoms with van der Waals surface area (Å²) in [6.45, 7) is 0. The molecule has 3 N–H and O–H groups in total. The van der Waals surface area contributed by atoms with E-state index in [0.717, 1.165) is 11.4 Å². The van der Waals surface area contributed by atoms with Crippen molar-refractivity contribution in [2.24, 2.45) is 0 Å². The number of benzene rings is 1. The summed E-state index contributed by atoms with van der Waals surface area (Å²) in [5, 5.41) is 18.3. The Hall–Kier alpha value is -3.56.